The average Bonchev–Trinajstić information content (AvgIpc) is 3.61. The molecule has 3 heterocycles. The van der Waals surface area contributed by atoms with Crippen molar-refractivity contribution in [3.05, 3.63) is 36.5 Å². The van der Waals surface area contributed by atoms with Crippen molar-refractivity contribution in [1.29, 1.82) is 0 Å². The number of sulfonamides is 1. The number of rotatable bonds is 4. The van der Waals surface area contributed by atoms with E-state index in [4.69, 9.17) is 20.0 Å². The molecule has 2 fully saturated rings. The van der Waals surface area contributed by atoms with Crippen LogP contribution in [0.3, 0.4) is 0 Å². The van der Waals surface area contributed by atoms with E-state index in [-0.39, 0.29) is 16.9 Å². The van der Waals surface area contributed by atoms with Gasteiger partial charge < -0.3 is 10.1 Å². The van der Waals surface area contributed by atoms with Gasteiger partial charge >= 0.3 is 5.97 Å². The monoisotopic (exact) mass is 509 g/mol. The summed E-state index contributed by atoms with van der Waals surface area (Å²) >= 11 is 0. The molecule has 11 nitrogen and oxygen atoms in total. The van der Waals surface area contributed by atoms with Gasteiger partial charge in [0.25, 0.3) is 0 Å². The zero-order valence-corrected chi connectivity index (χ0v) is 20.7. The van der Waals surface area contributed by atoms with Crippen LogP contribution in [0.4, 0.5) is 17.5 Å². The summed E-state index contributed by atoms with van der Waals surface area (Å²) in [5.41, 5.74) is 0.770. The number of hydrogen-bond donors (Lipinski definition) is 2. The van der Waals surface area contributed by atoms with Crippen LogP contribution in [0.15, 0.2) is 46.5 Å². The summed E-state index contributed by atoms with van der Waals surface area (Å²) in [6, 6.07) is 8.42. The van der Waals surface area contributed by atoms with E-state index in [1.54, 1.807) is 18.3 Å². The fourth-order valence-electron chi connectivity index (χ4n) is 5.23. The lowest BCUT2D eigenvalue weighted by atomic mass is 9.80. The first-order valence-electron chi connectivity index (χ1n) is 12.1. The second kappa shape index (κ2) is 8.27. The molecule has 2 aliphatic carbocycles. The van der Waals surface area contributed by atoms with E-state index >= 15 is 0 Å². The number of aromatic nitrogens is 3. The number of benzene rings is 1. The number of anilines is 3. The van der Waals surface area contributed by atoms with Gasteiger partial charge in [-0.1, -0.05) is 19.3 Å². The number of carbonyl (C=O) groups excluding carboxylic acids is 1. The number of primary sulfonamides is 1. The van der Waals surface area contributed by atoms with Crippen LogP contribution in [0.25, 0.3) is 11.0 Å². The summed E-state index contributed by atoms with van der Waals surface area (Å²) in [5.74, 6) is 1.37. The Labute approximate surface area is 208 Å². The normalized spacial score (nSPS) is 19.2. The van der Waals surface area contributed by atoms with Crippen molar-refractivity contribution in [2.45, 2.75) is 68.3 Å². The lowest BCUT2D eigenvalue weighted by Crippen LogP contribution is -2.51. The van der Waals surface area contributed by atoms with E-state index in [2.05, 4.69) is 20.9 Å². The van der Waals surface area contributed by atoms with E-state index in [1.165, 1.54) is 19.1 Å². The van der Waals surface area contributed by atoms with Crippen LogP contribution >= 0.6 is 0 Å². The number of nitrogens with one attached hydrogen (secondary N) is 1. The Morgan fingerprint density at radius 1 is 1.17 bits per heavy atom. The van der Waals surface area contributed by atoms with Gasteiger partial charge in [-0.25, -0.2) is 23.5 Å². The van der Waals surface area contributed by atoms with Crippen LogP contribution in [0, 0.1) is 0 Å². The van der Waals surface area contributed by atoms with Crippen LogP contribution in [-0.2, 0) is 25.1 Å². The maximum Gasteiger partial charge on any atom is 0.309 e. The summed E-state index contributed by atoms with van der Waals surface area (Å²) in [6.45, 7) is 1.41. The molecular weight excluding hydrogens is 482 g/mol. The summed E-state index contributed by atoms with van der Waals surface area (Å²) < 4.78 is 31.1. The van der Waals surface area contributed by atoms with Crippen molar-refractivity contribution in [2.24, 2.45) is 10.2 Å². The number of nitrogens with two attached hydrogens (primary N) is 1. The molecule has 2 aromatic heterocycles. The molecule has 1 aromatic carbocycles. The number of fused-ring (bicyclic) bond motifs is 4. The molecule has 12 heteroatoms. The van der Waals surface area contributed by atoms with Gasteiger partial charge in [0.15, 0.2) is 0 Å². The van der Waals surface area contributed by atoms with Gasteiger partial charge in [-0.05, 0) is 56.0 Å². The van der Waals surface area contributed by atoms with E-state index in [0.29, 0.717) is 17.5 Å². The van der Waals surface area contributed by atoms with Gasteiger partial charge in [-0.3, -0.25) is 9.36 Å². The number of carbonyl (C=O) groups is 1. The van der Waals surface area contributed by atoms with Crippen LogP contribution < -0.4 is 15.5 Å². The molecule has 0 saturated heterocycles. The van der Waals surface area contributed by atoms with Crippen molar-refractivity contribution in [1.82, 2.24) is 14.5 Å². The first kappa shape index (κ1) is 22.9. The number of hydrogen-bond acceptors (Lipinski definition) is 9. The van der Waals surface area contributed by atoms with Gasteiger partial charge in [0.05, 0.1) is 10.9 Å². The van der Waals surface area contributed by atoms with Crippen LogP contribution in [0.1, 0.15) is 51.9 Å². The topological polar surface area (TPSA) is 145 Å². The van der Waals surface area contributed by atoms with E-state index in [9.17, 15) is 13.2 Å². The summed E-state index contributed by atoms with van der Waals surface area (Å²) in [4.78, 5) is 21.5. The van der Waals surface area contributed by atoms with Crippen LogP contribution in [0.2, 0.25) is 0 Å². The predicted molar refractivity (Wildman–Crippen MR) is 134 cm³/mol. The first-order chi connectivity index (χ1) is 17.2. The molecule has 1 spiro atoms. The zero-order chi connectivity index (χ0) is 25.1. The lowest BCUT2D eigenvalue weighted by Gasteiger charge is -2.44. The van der Waals surface area contributed by atoms with Crippen molar-refractivity contribution in [3.63, 3.8) is 0 Å². The fourth-order valence-corrected chi connectivity index (χ4v) is 5.75. The molecule has 188 valence electrons. The summed E-state index contributed by atoms with van der Waals surface area (Å²) in [6.07, 6.45) is 8.53. The predicted octanol–water partition coefficient (Wildman–Crippen LogP) is 3.34. The number of ether oxygens (including phenoxy) is 1. The Morgan fingerprint density at radius 2 is 1.89 bits per heavy atom. The van der Waals surface area contributed by atoms with Crippen LogP contribution in [-0.4, -0.2) is 40.9 Å². The molecular formula is C24H27N7O4S. The maximum absolute atomic E-state index is 12.1. The largest absolute Gasteiger partial charge is 0.407 e. The Kier molecular flexibility index (Phi) is 5.27. The lowest BCUT2D eigenvalue weighted by molar-refractivity contribution is -0.133. The van der Waals surface area contributed by atoms with E-state index in [0.717, 1.165) is 61.8 Å². The smallest absolute Gasteiger partial charge is 0.309 e. The fraction of sp³-hybridized carbons (Fsp3) is 0.417. The molecule has 3 aromatic rings. The van der Waals surface area contributed by atoms with Crippen molar-refractivity contribution in [2.75, 3.05) is 10.3 Å². The quantitative estimate of drug-likeness (QED) is 0.510. The number of nitrogens with zero attached hydrogens (tertiary/aromatic N) is 5. The van der Waals surface area contributed by atoms with Gasteiger partial charge in [0.2, 0.25) is 21.9 Å². The third kappa shape index (κ3) is 3.90. The highest BCUT2D eigenvalue weighted by molar-refractivity contribution is 7.89. The van der Waals surface area contributed by atoms with Gasteiger partial charge in [0, 0.05) is 24.2 Å². The Morgan fingerprint density at radius 3 is 2.53 bits per heavy atom. The number of hydrazone groups is 1. The minimum Gasteiger partial charge on any atom is -0.407 e. The van der Waals surface area contributed by atoms with Crippen molar-refractivity contribution >= 4 is 50.4 Å². The highest BCUT2D eigenvalue weighted by Gasteiger charge is 2.49. The summed E-state index contributed by atoms with van der Waals surface area (Å²) in [7, 11) is -3.78. The molecule has 6 rings (SSSR count). The highest BCUT2D eigenvalue weighted by atomic mass is 32.2. The molecule has 0 unspecified atom stereocenters. The first-order valence-corrected chi connectivity index (χ1v) is 13.6. The second-order valence-electron chi connectivity index (χ2n) is 9.67. The third-order valence-electron chi connectivity index (χ3n) is 7.03. The number of esters is 1. The minimum absolute atomic E-state index is 0.0294. The molecule has 3 N–H and O–H groups in total. The zero-order valence-electron chi connectivity index (χ0n) is 19.8. The molecule has 0 amide bonds. The molecule has 2 saturated carbocycles. The average molecular weight is 510 g/mol. The Balaban J connectivity index is 1.45. The van der Waals surface area contributed by atoms with Crippen molar-refractivity contribution < 1.29 is 17.9 Å². The second-order valence-corrected chi connectivity index (χ2v) is 11.2. The third-order valence-corrected chi connectivity index (χ3v) is 7.96. The minimum atomic E-state index is -3.78. The Bertz CT molecular complexity index is 1490. The standard InChI is InChI=1S/C24H27N7O4S/c1-15(32)35-22-24(11-3-2-4-12-24)30-20(31(29-22)18-7-8-18)13-16-14-26-23(28-21(16)30)27-17-5-9-19(10-6-17)36(25,33)34/h5-6,9-10,13-14,18H,2-4,7-8,11-12H2,1H3,(H2,25,33,34)(H,26,27,28). The van der Waals surface area contributed by atoms with Gasteiger partial charge in [-0.2, -0.15) is 4.98 Å². The van der Waals surface area contributed by atoms with E-state index in [1.807, 2.05) is 5.01 Å². The maximum atomic E-state index is 12.1. The highest BCUT2D eigenvalue weighted by Crippen LogP contribution is 2.48. The summed E-state index contributed by atoms with van der Waals surface area (Å²) in [5, 5.41) is 16.1. The molecule has 1 aliphatic heterocycles. The SMILES string of the molecule is CC(=O)OC1=NN(C2CC2)c2cc3cnc(Nc4ccc(S(N)(=O)=O)cc4)nc3n2C12CCCCC2. The van der Waals surface area contributed by atoms with E-state index < -0.39 is 15.6 Å². The molecule has 0 atom stereocenters. The van der Waals surface area contributed by atoms with Gasteiger partial charge in [0.1, 0.15) is 17.0 Å². The molecule has 3 aliphatic rings. The molecule has 36 heavy (non-hydrogen) atoms. The van der Waals surface area contributed by atoms with Crippen LogP contribution in [0.5, 0.6) is 0 Å². The Hall–Kier alpha value is -3.51. The van der Waals surface area contributed by atoms with Crippen molar-refractivity contribution in [3.8, 4) is 0 Å². The molecule has 0 bridgehead atoms. The van der Waals surface area contributed by atoms with Gasteiger partial charge in [-0.15, -0.1) is 5.10 Å². The molecule has 0 radical (unpaired) electrons.